The first-order chi connectivity index (χ1) is 7.41. The lowest BCUT2D eigenvalue weighted by atomic mass is 10.1. The molecule has 0 aromatic carbocycles. The van der Waals surface area contributed by atoms with Crippen LogP contribution in [0.1, 0.15) is 71.6 Å². The number of unbranched alkanes of at least 4 members (excludes halogenated alkanes) is 6. The Morgan fingerprint density at radius 1 is 0.600 bits per heavy atom. The fourth-order valence-electron chi connectivity index (χ4n) is 1.56. The Labute approximate surface area is 96.5 Å². The second kappa shape index (κ2) is 13.5. The maximum Gasteiger partial charge on any atom is -0.0348 e. The average molecular weight is 208 g/mol. The highest BCUT2D eigenvalue weighted by Crippen LogP contribution is 2.04. The zero-order valence-corrected chi connectivity index (χ0v) is 10.7. The minimum Gasteiger partial charge on any atom is -0.0888 e. The predicted octanol–water partition coefficient (Wildman–Crippen LogP) is 5.65. The van der Waals surface area contributed by atoms with Crippen molar-refractivity contribution in [3.63, 3.8) is 0 Å². The van der Waals surface area contributed by atoms with Gasteiger partial charge in [-0.05, 0) is 38.5 Å². The average Bonchev–Trinajstić information content (AvgIpc) is 2.26. The van der Waals surface area contributed by atoms with Crippen LogP contribution in [0.3, 0.4) is 0 Å². The molecule has 0 fully saturated rings. The smallest absolute Gasteiger partial charge is 0.0348 e. The first-order valence-corrected chi connectivity index (χ1v) is 6.71. The third kappa shape index (κ3) is 13.5. The molecule has 0 aromatic heterocycles. The summed E-state index contributed by atoms with van der Waals surface area (Å²) in [6.45, 7) is 4.45. The fourth-order valence-corrected chi connectivity index (χ4v) is 1.56. The van der Waals surface area contributed by atoms with E-state index < -0.39 is 0 Å². The van der Waals surface area contributed by atoms with E-state index in [1.54, 1.807) is 0 Å². The summed E-state index contributed by atoms with van der Waals surface area (Å²) in [5, 5.41) is 0. The predicted molar refractivity (Wildman–Crippen MR) is 71.2 cm³/mol. The summed E-state index contributed by atoms with van der Waals surface area (Å²) in [5.41, 5.74) is 0. The molecule has 0 aromatic rings. The molecule has 0 N–H and O–H groups in total. The molecule has 15 heavy (non-hydrogen) atoms. The summed E-state index contributed by atoms with van der Waals surface area (Å²) in [5.74, 6) is 0. The molecule has 0 heterocycles. The zero-order valence-electron chi connectivity index (χ0n) is 10.7. The van der Waals surface area contributed by atoms with Crippen LogP contribution in [0.5, 0.6) is 0 Å². The van der Waals surface area contributed by atoms with Crippen molar-refractivity contribution in [2.45, 2.75) is 71.6 Å². The van der Waals surface area contributed by atoms with Gasteiger partial charge in [-0.2, -0.15) is 0 Å². The number of rotatable bonds is 10. The van der Waals surface area contributed by atoms with Gasteiger partial charge in [-0.3, -0.25) is 0 Å². The van der Waals surface area contributed by atoms with E-state index in [9.17, 15) is 0 Å². The molecule has 0 radical (unpaired) electrons. The lowest BCUT2D eigenvalue weighted by molar-refractivity contribution is 0.673. The van der Waals surface area contributed by atoms with Crippen LogP contribution in [-0.4, -0.2) is 0 Å². The van der Waals surface area contributed by atoms with E-state index in [0.717, 1.165) is 0 Å². The molecular formula is C15H28. The van der Waals surface area contributed by atoms with Crippen molar-refractivity contribution in [1.29, 1.82) is 0 Å². The van der Waals surface area contributed by atoms with Crippen molar-refractivity contribution in [2.75, 3.05) is 0 Å². The summed E-state index contributed by atoms with van der Waals surface area (Å²) >= 11 is 0. The summed E-state index contributed by atoms with van der Waals surface area (Å²) < 4.78 is 0. The lowest BCUT2D eigenvalue weighted by Crippen LogP contribution is -1.74. The Bertz CT molecular complexity index is 153. The molecule has 88 valence electrons. The largest absolute Gasteiger partial charge is 0.0888 e. The van der Waals surface area contributed by atoms with Crippen LogP contribution in [0.25, 0.3) is 0 Å². The van der Waals surface area contributed by atoms with Crippen molar-refractivity contribution in [1.82, 2.24) is 0 Å². The standard InChI is InChI=1S/C15H28/c1-3-5-7-9-11-13-15-14-12-10-8-6-4-2/h5,7,14-15H,3-4,6,8-13H2,1-2H3. The molecule has 0 unspecified atom stereocenters. The fraction of sp³-hybridized carbons (Fsp3) is 0.733. The van der Waals surface area contributed by atoms with Crippen molar-refractivity contribution < 1.29 is 0 Å². The topological polar surface area (TPSA) is 0 Å². The Morgan fingerprint density at radius 2 is 1.20 bits per heavy atom. The SMILES string of the molecule is CCC=CCCCC=CCCCCCC. The molecule has 0 saturated heterocycles. The van der Waals surface area contributed by atoms with Gasteiger partial charge in [-0.25, -0.2) is 0 Å². The van der Waals surface area contributed by atoms with Gasteiger partial charge < -0.3 is 0 Å². The highest BCUT2D eigenvalue weighted by Gasteiger charge is 1.84. The lowest BCUT2D eigenvalue weighted by Gasteiger charge is -1.94. The molecule has 0 aliphatic rings. The molecule has 0 bridgehead atoms. The van der Waals surface area contributed by atoms with Crippen molar-refractivity contribution >= 4 is 0 Å². The maximum atomic E-state index is 2.36. The normalized spacial score (nSPS) is 11.9. The molecule has 0 heteroatoms. The summed E-state index contributed by atoms with van der Waals surface area (Å²) in [6, 6.07) is 0. The second-order valence-electron chi connectivity index (χ2n) is 4.13. The van der Waals surface area contributed by atoms with Gasteiger partial charge in [0.2, 0.25) is 0 Å². The molecule has 0 amide bonds. The molecule has 0 saturated carbocycles. The molecule has 0 atom stereocenters. The summed E-state index contributed by atoms with van der Waals surface area (Å²) in [7, 11) is 0. The molecule has 0 aliphatic heterocycles. The van der Waals surface area contributed by atoms with Crippen molar-refractivity contribution in [3.8, 4) is 0 Å². The second-order valence-corrected chi connectivity index (χ2v) is 4.13. The molecule has 0 spiro atoms. The van der Waals surface area contributed by atoms with Gasteiger partial charge in [0.1, 0.15) is 0 Å². The van der Waals surface area contributed by atoms with E-state index in [-0.39, 0.29) is 0 Å². The summed E-state index contributed by atoms with van der Waals surface area (Å²) in [6.07, 6.45) is 21.0. The first kappa shape index (κ1) is 14.5. The minimum atomic E-state index is 1.17. The quantitative estimate of drug-likeness (QED) is 0.321. The van der Waals surface area contributed by atoms with Gasteiger partial charge in [0, 0.05) is 0 Å². The van der Waals surface area contributed by atoms with E-state index in [4.69, 9.17) is 0 Å². The van der Waals surface area contributed by atoms with Gasteiger partial charge in [0.25, 0.3) is 0 Å². The van der Waals surface area contributed by atoms with Crippen LogP contribution >= 0.6 is 0 Å². The highest BCUT2D eigenvalue weighted by molar-refractivity contribution is 4.84. The highest BCUT2D eigenvalue weighted by atomic mass is 13.9. The van der Waals surface area contributed by atoms with Gasteiger partial charge >= 0.3 is 0 Å². The Hall–Kier alpha value is -0.520. The van der Waals surface area contributed by atoms with Gasteiger partial charge in [-0.1, -0.05) is 57.4 Å². The first-order valence-electron chi connectivity index (χ1n) is 6.71. The molecule has 0 rings (SSSR count). The van der Waals surface area contributed by atoms with E-state index in [1.807, 2.05) is 0 Å². The Balaban J connectivity index is 3.07. The Kier molecular flexibility index (Phi) is 13.0. The third-order valence-corrected chi connectivity index (χ3v) is 2.53. The van der Waals surface area contributed by atoms with Gasteiger partial charge in [0.15, 0.2) is 0 Å². The van der Waals surface area contributed by atoms with Gasteiger partial charge in [-0.15, -0.1) is 0 Å². The minimum absolute atomic E-state index is 1.17. The van der Waals surface area contributed by atoms with Crippen LogP contribution < -0.4 is 0 Å². The van der Waals surface area contributed by atoms with Gasteiger partial charge in [0.05, 0.1) is 0 Å². The van der Waals surface area contributed by atoms with Crippen LogP contribution in [0, 0.1) is 0 Å². The molecular weight excluding hydrogens is 180 g/mol. The number of hydrogen-bond acceptors (Lipinski definition) is 0. The Morgan fingerprint density at radius 3 is 1.80 bits per heavy atom. The van der Waals surface area contributed by atoms with Crippen molar-refractivity contribution in [2.24, 2.45) is 0 Å². The zero-order chi connectivity index (χ0) is 11.2. The monoisotopic (exact) mass is 208 g/mol. The van der Waals surface area contributed by atoms with Crippen LogP contribution in [0.15, 0.2) is 24.3 Å². The molecule has 0 aliphatic carbocycles. The van der Waals surface area contributed by atoms with E-state index in [0.29, 0.717) is 0 Å². The van der Waals surface area contributed by atoms with E-state index in [1.165, 1.54) is 57.8 Å². The van der Waals surface area contributed by atoms with Crippen LogP contribution in [-0.2, 0) is 0 Å². The van der Waals surface area contributed by atoms with Crippen LogP contribution in [0.4, 0.5) is 0 Å². The number of allylic oxidation sites excluding steroid dienone is 4. The van der Waals surface area contributed by atoms with Crippen molar-refractivity contribution in [3.05, 3.63) is 24.3 Å². The third-order valence-electron chi connectivity index (χ3n) is 2.53. The maximum absolute atomic E-state index is 2.36. The molecule has 0 nitrogen and oxygen atoms in total. The summed E-state index contributed by atoms with van der Waals surface area (Å²) in [4.78, 5) is 0. The number of hydrogen-bond donors (Lipinski definition) is 0. The van der Waals surface area contributed by atoms with E-state index in [2.05, 4.69) is 38.2 Å². The van der Waals surface area contributed by atoms with Crippen LogP contribution in [0.2, 0.25) is 0 Å². The van der Waals surface area contributed by atoms with E-state index >= 15 is 0 Å².